The van der Waals surface area contributed by atoms with Crippen molar-refractivity contribution < 1.29 is 4.79 Å². The van der Waals surface area contributed by atoms with Crippen molar-refractivity contribution in [3.8, 4) is 0 Å². The van der Waals surface area contributed by atoms with Crippen molar-refractivity contribution in [2.45, 2.75) is 6.04 Å². The Hall–Kier alpha value is -2.96. The van der Waals surface area contributed by atoms with Gasteiger partial charge < -0.3 is 16.0 Å². The van der Waals surface area contributed by atoms with Crippen LogP contribution in [0.4, 0.5) is 5.82 Å². The van der Waals surface area contributed by atoms with E-state index in [1.54, 1.807) is 0 Å². The number of imidazole rings is 1. The smallest absolute Gasteiger partial charge is 0.244 e. The fraction of sp³-hybridized carbons (Fsp3) is 0.0769. The molecule has 0 bridgehead atoms. The van der Waals surface area contributed by atoms with Gasteiger partial charge in [0.2, 0.25) is 5.91 Å². The summed E-state index contributed by atoms with van der Waals surface area (Å²) in [5.41, 5.74) is 7.40. The highest BCUT2D eigenvalue weighted by Crippen LogP contribution is 2.21. The summed E-state index contributed by atoms with van der Waals surface area (Å²) in [5.74, 6) is 0.00244. The molecule has 1 amide bonds. The normalized spacial score (nSPS) is 12.2. The maximum atomic E-state index is 11.7. The number of primary amides is 1. The number of carbonyl (C=O) groups is 1. The summed E-state index contributed by atoms with van der Waals surface area (Å²) >= 11 is 0. The van der Waals surface area contributed by atoms with Gasteiger partial charge in [0.25, 0.3) is 0 Å². The lowest BCUT2D eigenvalue weighted by atomic mass is 10.1. The number of H-pyrrole nitrogens is 1. The van der Waals surface area contributed by atoms with Crippen LogP contribution in [-0.2, 0) is 4.79 Å². The fourth-order valence-electron chi connectivity index (χ4n) is 1.98. The van der Waals surface area contributed by atoms with Gasteiger partial charge in [-0.25, -0.2) is 15.0 Å². The van der Waals surface area contributed by atoms with Gasteiger partial charge in [0.15, 0.2) is 11.5 Å². The number of aromatic amines is 1. The van der Waals surface area contributed by atoms with Crippen LogP contribution in [0, 0.1) is 0 Å². The maximum absolute atomic E-state index is 11.7. The molecule has 2 aromatic heterocycles. The minimum absolute atomic E-state index is 0.484. The molecule has 0 fully saturated rings. The zero-order valence-corrected chi connectivity index (χ0v) is 10.4. The highest BCUT2D eigenvalue weighted by atomic mass is 16.1. The standard InChI is InChI=1S/C13H12N6O/c14-11(20)9(8-4-2-1-3-5-8)19-13-10-12(16-6-15-10)17-7-18-13/h1-7,9H,(H2,14,20)(H2,15,16,17,18,19). The van der Waals surface area contributed by atoms with E-state index in [-0.39, 0.29) is 0 Å². The minimum Gasteiger partial charge on any atom is -0.368 e. The molecule has 1 atom stereocenters. The maximum Gasteiger partial charge on any atom is 0.244 e. The zero-order chi connectivity index (χ0) is 13.9. The molecule has 1 aromatic carbocycles. The van der Waals surface area contributed by atoms with E-state index in [0.717, 1.165) is 5.56 Å². The molecule has 0 aliphatic rings. The van der Waals surface area contributed by atoms with Crippen LogP contribution in [0.3, 0.4) is 0 Å². The molecule has 100 valence electrons. The van der Waals surface area contributed by atoms with Crippen LogP contribution in [0.1, 0.15) is 11.6 Å². The Morgan fingerprint density at radius 2 is 2.00 bits per heavy atom. The van der Waals surface area contributed by atoms with Gasteiger partial charge in [-0.15, -0.1) is 0 Å². The third-order valence-electron chi connectivity index (χ3n) is 2.92. The van der Waals surface area contributed by atoms with Crippen LogP contribution in [0.5, 0.6) is 0 Å². The van der Waals surface area contributed by atoms with E-state index in [9.17, 15) is 4.79 Å². The third kappa shape index (κ3) is 2.16. The van der Waals surface area contributed by atoms with Crippen molar-refractivity contribution in [1.82, 2.24) is 19.9 Å². The van der Waals surface area contributed by atoms with E-state index in [1.165, 1.54) is 12.7 Å². The summed E-state index contributed by atoms with van der Waals surface area (Å²) in [7, 11) is 0. The Balaban J connectivity index is 1.99. The van der Waals surface area contributed by atoms with Crippen LogP contribution < -0.4 is 11.1 Å². The molecule has 7 nitrogen and oxygen atoms in total. The van der Waals surface area contributed by atoms with Crippen LogP contribution in [-0.4, -0.2) is 25.8 Å². The SMILES string of the molecule is NC(=O)C(Nc1ncnc2nc[nH]c12)c1ccccc1. The predicted octanol–water partition coefficient (Wildman–Crippen LogP) is 0.991. The van der Waals surface area contributed by atoms with Gasteiger partial charge in [-0.05, 0) is 5.56 Å². The first-order valence-electron chi connectivity index (χ1n) is 6.00. The third-order valence-corrected chi connectivity index (χ3v) is 2.92. The second kappa shape index (κ2) is 4.96. The summed E-state index contributed by atoms with van der Waals surface area (Å²) in [6.07, 6.45) is 2.90. The van der Waals surface area contributed by atoms with Gasteiger partial charge in [0.1, 0.15) is 17.9 Å². The quantitative estimate of drug-likeness (QED) is 0.653. The number of aromatic nitrogens is 4. The van der Waals surface area contributed by atoms with Gasteiger partial charge in [-0.1, -0.05) is 30.3 Å². The average molecular weight is 268 g/mol. The first-order chi connectivity index (χ1) is 9.75. The number of benzene rings is 1. The van der Waals surface area contributed by atoms with Gasteiger partial charge in [0, 0.05) is 0 Å². The minimum atomic E-state index is -0.669. The van der Waals surface area contributed by atoms with E-state index >= 15 is 0 Å². The molecule has 0 saturated heterocycles. The van der Waals surface area contributed by atoms with E-state index in [2.05, 4.69) is 25.3 Å². The van der Waals surface area contributed by atoms with Crippen molar-refractivity contribution in [1.29, 1.82) is 0 Å². The largest absolute Gasteiger partial charge is 0.368 e. The van der Waals surface area contributed by atoms with Crippen LogP contribution in [0.25, 0.3) is 11.2 Å². The van der Waals surface area contributed by atoms with Crippen LogP contribution >= 0.6 is 0 Å². The second-order valence-corrected chi connectivity index (χ2v) is 4.21. The van der Waals surface area contributed by atoms with Crippen LogP contribution in [0.15, 0.2) is 43.0 Å². The number of hydrogen-bond acceptors (Lipinski definition) is 5. The van der Waals surface area contributed by atoms with Gasteiger partial charge in [-0.2, -0.15) is 0 Å². The number of nitrogens with zero attached hydrogens (tertiary/aromatic N) is 3. The Bertz CT molecular complexity index is 739. The molecule has 4 N–H and O–H groups in total. The summed E-state index contributed by atoms with van der Waals surface area (Å²) < 4.78 is 0. The molecular weight excluding hydrogens is 256 g/mol. The number of nitrogens with two attached hydrogens (primary N) is 1. The Labute approximate surface area is 114 Å². The topological polar surface area (TPSA) is 110 Å². The van der Waals surface area contributed by atoms with Crippen molar-refractivity contribution in [2.75, 3.05) is 5.32 Å². The molecule has 0 radical (unpaired) electrons. The molecule has 0 spiro atoms. The Morgan fingerprint density at radius 1 is 1.20 bits per heavy atom. The molecule has 0 aliphatic heterocycles. The zero-order valence-electron chi connectivity index (χ0n) is 10.4. The highest BCUT2D eigenvalue weighted by Gasteiger charge is 2.19. The predicted molar refractivity (Wildman–Crippen MR) is 73.7 cm³/mol. The molecule has 7 heteroatoms. The number of amides is 1. The molecule has 3 aromatic rings. The van der Waals surface area contributed by atoms with Crippen molar-refractivity contribution in [2.24, 2.45) is 5.73 Å². The van der Waals surface area contributed by atoms with Gasteiger partial charge in [-0.3, -0.25) is 4.79 Å². The summed E-state index contributed by atoms with van der Waals surface area (Å²) in [6.45, 7) is 0. The van der Waals surface area contributed by atoms with Crippen molar-refractivity contribution >= 4 is 22.9 Å². The monoisotopic (exact) mass is 268 g/mol. The number of nitrogens with one attached hydrogen (secondary N) is 2. The van der Waals surface area contributed by atoms with E-state index < -0.39 is 11.9 Å². The summed E-state index contributed by atoms with van der Waals surface area (Å²) in [6, 6.07) is 8.55. The fourth-order valence-corrected chi connectivity index (χ4v) is 1.98. The van der Waals surface area contributed by atoms with E-state index in [1.807, 2.05) is 30.3 Å². The lowest BCUT2D eigenvalue weighted by molar-refractivity contribution is -0.118. The number of fused-ring (bicyclic) bond motifs is 1. The van der Waals surface area contributed by atoms with E-state index in [4.69, 9.17) is 5.73 Å². The molecular formula is C13H12N6O. The molecule has 0 saturated carbocycles. The first kappa shape index (κ1) is 12.1. The van der Waals surface area contributed by atoms with E-state index in [0.29, 0.717) is 17.0 Å². The van der Waals surface area contributed by atoms with Gasteiger partial charge >= 0.3 is 0 Å². The Morgan fingerprint density at radius 3 is 2.75 bits per heavy atom. The van der Waals surface area contributed by atoms with Crippen molar-refractivity contribution in [3.05, 3.63) is 48.5 Å². The molecule has 0 aliphatic carbocycles. The number of carbonyl (C=O) groups excluding carboxylic acids is 1. The average Bonchev–Trinajstić information content (AvgIpc) is 2.94. The Kier molecular flexibility index (Phi) is 3.00. The van der Waals surface area contributed by atoms with Gasteiger partial charge in [0.05, 0.1) is 6.33 Å². The number of anilines is 1. The molecule has 20 heavy (non-hydrogen) atoms. The molecule has 3 rings (SSSR count). The second-order valence-electron chi connectivity index (χ2n) is 4.21. The number of hydrogen-bond donors (Lipinski definition) is 3. The lowest BCUT2D eigenvalue weighted by Gasteiger charge is -2.16. The number of rotatable bonds is 4. The highest BCUT2D eigenvalue weighted by molar-refractivity contribution is 5.88. The summed E-state index contributed by atoms with van der Waals surface area (Å²) in [5, 5.41) is 3.03. The molecule has 1 unspecified atom stereocenters. The van der Waals surface area contributed by atoms with Crippen LogP contribution in [0.2, 0.25) is 0 Å². The first-order valence-corrected chi connectivity index (χ1v) is 6.00. The molecule has 2 heterocycles. The summed E-state index contributed by atoms with van der Waals surface area (Å²) in [4.78, 5) is 26.8. The van der Waals surface area contributed by atoms with Crippen molar-refractivity contribution in [3.63, 3.8) is 0 Å². The lowest BCUT2D eigenvalue weighted by Crippen LogP contribution is -2.28.